The minimum Gasteiger partial charge on any atom is -0.503 e. The number of hydrogen-bond donors (Lipinski definition) is 1. The number of Topliss-reactive ketones (excluding diaryl/α,β-unsaturated/α-hetero) is 1. The lowest BCUT2D eigenvalue weighted by Gasteiger charge is -2.25. The lowest BCUT2D eigenvalue weighted by molar-refractivity contribution is -0.117. The van der Waals surface area contributed by atoms with Gasteiger partial charge in [-0.05, 0) is 36.1 Å². The van der Waals surface area contributed by atoms with Gasteiger partial charge in [0.1, 0.15) is 4.88 Å². The number of nitrogens with zero attached hydrogens (tertiary/aromatic N) is 2. The third-order valence-electron chi connectivity index (χ3n) is 5.28. The maximum absolute atomic E-state index is 13.4. The maximum atomic E-state index is 13.4. The number of esters is 1. The smallest absolute Gasteiger partial charge is 0.350 e. The minimum absolute atomic E-state index is 0.0906. The molecule has 0 bridgehead atoms. The lowest BCUT2D eigenvalue weighted by atomic mass is 9.95. The Balaban J connectivity index is 1.90. The molecule has 34 heavy (non-hydrogen) atoms. The van der Waals surface area contributed by atoms with Gasteiger partial charge in [-0.25, -0.2) is 9.78 Å². The van der Waals surface area contributed by atoms with Crippen LogP contribution >= 0.6 is 22.7 Å². The molecule has 176 valence electrons. The highest BCUT2D eigenvalue weighted by molar-refractivity contribution is 7.17. The predicted octanol–water partition coefficient (Wildman–Crippen LogP) is 4.10. The van der Waals surface area contributed by atoms with Crippen LogP contribution in [0.3, 0.4) is 0 Å². The van der Waals surface area contributed by atoms with E-state index < -0.39 is 29.5 Å². The minimum atomic E-state index is -1.02. The summed E-state index contributed by atoms with van der Waals surface area (Å²) in [5, 5.41) is 12.7. The van der Waals surface area contributed by atoms with Gasteiger partial charge in [-0.1, -0.05) is 23.5 Å². The fraction of sp³-hybridized carbons (Fsp3) is 0.217. The second kappa shape index (κ2) is 9.27. The number of carbonyl (C=O) groups is 3. The van der Waals surface area contributed by atoms with Gasteiger partial charge in [-0.3, -0.25) is 14.5 Å². The molecule has 1 amide bonds. The molecular weight excluding hydrogens is 480 g/mol. The van der Waals surface area contributed by atoms with E-state index in [4.69, 9.17) is 14.2 Å². The van der Waals surface area contributed by atoms with Crippen molar-refractivity contribution in [2.45, 2.75) is 13.0 Å². The molecule has 1 aliphatic rings. The summed E-state index contributed by atoms with van der Waals surface area (Å²) in [6.07, 6.45) is 0. The van der Waals surface area contributed by atoms with Gasteiger partial charge in [0.2, 0.25) is 5.78 Å². The summed E-state index contributed by atoms with van der Waals surface area (Å²) in [5.74, 6) is -1.71. The van der Waals surface area contributed by atoms with E-state index in [0.29, 0.717) is 27.6 Å². The summed E-state index contributed by atoms with van der Waals surface area (Å²) in [5.41, 5.74) is 0.762. The second-order valence-electron chi connectivity index (χ2n) is 7.16. The molecule has 3 aromatic rings. The highest BCUT2D eigenvalue weighted by atomic mass is 32.1. The first-order chi connectivity index (χ1) is 16.3. The van der Waals surface area contributed by atoms with Crippen LogP contribution in [0.25, 0.3) is 0 Å². The molecular formula is C23H20N2O7S2. The SMILES string of the molecule is COC(=O)c1sc(N2C(=O)C(O)=C(C(=O)c3cccs3)C2c2ccc(OC)c(OC)c2)nc1C. The number of carbonyl (C=O) groups excluding carboxylic acids is 3. The van der Waals surface area contributed by atoms with Gasteiger partial charge in [-0.15, -0.1) is 11.3 Å². The van der Waals surface area contributed by atoms with Crippen LogP contribution in [0.4, 0.5) is 5.13 Å². The third-order valence-corrected chi connectivity index (χ3v) is 7.29. The zero-order valence-corrected chi connectivity index (χ0v) is 20.3. The summed E-state index contributed by atoms with van der Waals surface area (Å²) < 4.78 is 15.5. The first-order valence-electron chi connectivity index (χ1n) is 9.94. The monoisotopic (exact) mass is 500 g/mol. The Kier molecular flexibility index (Phi) is 6.40. The second-order valence-corrected chi connectivity index (χ2v) is 9.09. The number of amides is 1. The Morgan fingerprint density at radius 1 is 1.12 bits per heavy atom. The van der Waals surface area contributed by atoms with Crippen LogP contribution in [0.15, 0.2) is 47.0 Å². The Bertz CT molecular complexity index is 1310. The number of aliphatic hydroxyl groups excluding tert-OH is 1. The van der Waals surface area contributed by atoms with Gasteiger partial charge in [0, 0.05) is 0 Å². The van der Waals surface area contributed by atoms with E-state index in [1.807, 2.05) is 0 Å². The molecule has 0 spiro atoms. The summed E-state index contributed by atoms with van der Waals surface area (Å²) >= 11 is 2.14. The number of rotatable bonds is 7. The average molecular weight is 501 g/mol. The average Bonchev–Trinajstić information content (AvgIpc) is 3.57. The summed E-state index contributed by atoms with van der Waals surface area (Å²) in [6.45, 7) is 1.61. The zero-order chi connectivity index (χ0) is 24.6. The number of ketones is 1. The van der Waals surface area contributed by atoms with E-state index in [2.05, 4.69) is 4.98 Å². The van der Waals surface area contributed by atoms with E-state index in [9.17, 15) is 19.5 Å². The molecule has 0 aliphatic carbocycles. The van der Waals surface area contributed by atoms with Crippen molar-refractivity contribution >= 4 is 45.5 Å². The van der Waals surface area contributed by atoms with E-state index in [1.54, 1.807) is 42.6 Å². The Morgan fingerprint density at radius 3 is 2.47 bits per heavy atom. The Labute approximate surface area is 202 Å². The van der Waals surface area contributed by atoms with Crippen molar-refractivity contribution in [2.75, 3.05) is 26.2 Å². The molecule has 1 aliphatic heterocycles. The molecule has 1 aromatic carbocycles. The number of benzene rings is 1. The Hall–Kier alpha value is -3.70. The van der Waals surface area contributed by atoms with E-state index in [0.717, 1.165) is 11.3 Å². The van der Waals surface area contributed by atoms with E-state index >= 15 is 0 Å². The number of anilines is 1. The molecule has 11 heteroatoms. The van der Waals surface area contributed by atoms with Crippen LogP contribution in [0.2, 0.25) is 0 Å². The first-order valence-corrected chi connectivity index (χ1v) is 11.6. The van der Waals surface area contributed by atoms with Crippen LogP contribution in [0.1, 0.15) is 36.6 Å². The maximum Gasteiger partial charge on any atom is 0.350 e. The number of methoxy groups -OCH3 is 3. The standard InChI is InChI=1S/C23H20N2O7S2/c1-11-20(22(29)32-4)34-23(24-11)25-17(12-7-8-13(30-2)14(10-12)31-3)16(19(27)21(25)28)18(26)15-6-5-9-33-15/h5-10,17,27H,1-4H3. The van der Waals surface area contributed by atoms with Crippen LogP contribution in [0, 0.1) is 6.92 Å². The van der Waals surface area contributed by atoms with Gasteiger partial charge < -0.3 is 19.3 Å². The molecule has 4 rings (SSSR count). The topological polar surface area (TPSA) is 115 Å². The predicted molar refractivity (Wildman–Crippen MR) is 126 cm³/mol. The van der Waals surface area contributed by atoms with Crippen molar-refractivity contribution in [3.05, 3.63) is 68.1 Å². The molecule has 9 nitrogen and oxygen atoms in total. The van der Waals surface area contributed by atoms with Crippen molar-refractivity contribution < 1.29 is 33.7 Å². The number of hydrogen-bond acceptors (Lipinski definition) is 10. The van der Waals surface area contributed by atoms with Crippen molar-refractivity contribution in [1.29, 1.82) is 0 Å². The van der Waals surface area contributed by atoms with E-state index in [-0.39, 0.29) is 15.6 Å². The van der Waals surface area contributed by atoms with Gasteiger partial charge in [-0.2, -0.15) is 0 Å². The number of thiophene rings is 1. The normalized spacial score (nSPS) is 15.6. The number of aromatic nitrogens is 1. The molecule has 0 saturated carbocycles. The molecule has 1 unspecified atom stereocenters. The fourth-order valence-corrected chi connectivity index (χ4v) is 5.37. The van der Waals surface area contributed by atoms with Crippen molar-refractivity contribution in [2.24, 2.45) is 0 Å². The molecule has 1 N–H and O–H groups in total. The van der Waals surface area contributed by atoms with Crippen LogP contribution in [-0.2, 0) is 9.53 Å². The van der Waals surface area contributed by atoms with Crippen molar-refractivity contribution in [1.82, 2.24) is 4.98 Å². The highest BCUT2D eigenvalue weighted by Crippen LogP contribution is 2.45. The summed E-state index contributed by atoms with van der Waals surface area (Å²) in [6, 6.07) is 7.27. The number of aliphatic hydroxyl groups is 1. The number of thiazole rings is 1. The van der Waals surface area contributed by atoms with Crippen LogP contribution in [0.5, 0.6) is 11.5 Å². The molecule has 1 atom stereocenters. The quantitative estimate of drug-likeness (QED) is 0.381. The molecule has 0 saturated heterocycles. The number of aryl methyl sites for hydroxylation is 1. The fourth-order valence-electron chi connectivity index (χ4n) is 3.68. The van der Waals surface area contributed by atoms with E-state index in [1.165, 1.54) is 37.6 Å². The van der Waals surface area contributed by atoms with Crippen molar-refractivity contribution in [3.63, 3.8) is 0 Å². The molecule has 3 heterocycles. The van der Waals surface area contributed by atoms with Gasteiger partial charge in [0.05, 0.1) is 43.5 Å². The lowest BCUT2D eigenvalue weighted by Crippen LogP contribution is -2.31. The first kappa shape index (κ1) is 23.5. The molecule has 0 fully saturated rings. The van der Waals surface area contributed by atoms with Crippen LogP contribution < -0.4 is 14.4 Å². The van der Waals surface area contributed by atoms with Gasteiger partial charge >= 0.3 is 5.97 Å². The van der Waals surface area contributed by atoms with Crippen LogP contribution in [-0.4, -0.2) is 49.1 Å². The summed E-state index contributed by atoms with van der Waals surface area (Å²) in [7, 11) is 4.21. The Morgan fingerprint density at radius 2 is 1.85 bits per heavy atom. The third kappa shape index (κ3) is 3.82. The molecule has 0 radical (unpaired) electrons. The van der Waals surface area contributed by atoms with Gasteiger partial charge in [0.15, 0.2) is 22.4 Å². The molecule has 2 aromatic heterocycles. The largest absolute Gasteiger partial charge is 0.503 e. The number of ether oxygens (including phenoxy) is 3. The summed E-state index contributed by atoms with van der Waals surface area (Å²) in [4.78, 5) is 45.0. The van der Waals surface area contributed by atoms with Crippen molar-refractivity contribution in [3.8, 4) is 11.5 Å². The van der Waals surface area contributed by atoms with Gasteiger partial charge in [0.25, 0.3) is 5.91 Å². The zero-order valence-electron chi connectivity index (χ0n) is 18.6. The highest BCUT2D eigenvalue weighted by Gasteiger charge is 2.46.